The summed E-state index contributed by atoms with van der Waals surface area (Å²) in [7, 11) is 3.85. The molecular formula is C15H24O6S2. The molecule has 23 heavy (non-hydrogen) atoms. The second kappa shape index (κ2) is 11.6. The molecule has 1 aliphatic rings. The first-order valence-electron chi connectivity index (χ1n) is 7.72. The van der Waals surface area contributed by atoms with Crippen molar-refractivity contribution in [1.82, 2.24) is 0 Å². The normalized spacial score (nSPS) is 17.1. The minimum Gasteiger partial charge on any atom is -0.462 e. The van der Waals surface area contributed by atoms with Gasteiger partial charge in [-0.05, 0) is 19.3 Å². The average Bonchev–Trinajstić information content (AvgIpc) is 2.99. The molecule has 0 amide bonds. The van der Waals surface area contributed by atoms with Crippen LogP contribution in [0, 0.1) is 0 Å². The summed E-state index contributed by atoms with van der Waals surface area (Å²) in [6, 6.07) is 0. The standard InChI is InChI=1S/C15H24O6S2/c1-11(16)19-9-13(10-20-12(2)17)21-15(18)6-4-3-5-14-7-8-22-23-14/h13-14H,3-10H2,1-2H3/t14-/m1/s1. The Morgan fingerprint density at radius 2 is 1.74 bits per heavy atom. The van der Waals surface area contributed by atoms with Crippen molar-refractivity contribution in [3.05, 3.63) is 0 Å². The summed E-state index contributed by atoms with van der Waals surface area (Å²) in [5.74, 6) is -0.0879. The molecule has 1 heterocycles. The van der Waals surface area contributed by atoms with Crippen LogP contribution in [-0.2, 0) is 28.6 Å². The molecule has 132 valence electrons. The van der Waals surface area contributed by atoms with E-state index in [4.69, 9.17) is 14.2 Å². The molecule has 1 rings (SSSR count). The van der Waals surface area contributed by atoms with Gasteiger partial charge in [-0.1, -0.05) is 28.0 Å². The van der Waals surface area contributed by atoms with Crippen molar-refractivity contribution < 1.29 is 28.6 Å². The van der Waals surface area contributed by atoms with Crippen LogP contribution in [0.3, 0.4) is 0 Å². The zero-order valence-electron chi connectivity index (χ0n) is 13.6. The number of hydrogen-bond acceptors (Lipinski definition) is 8. The molecule has 0 aliphatic carbocycles. The highest BCUT2D eigenvalue weighted by Gasteiger charge is 2.19. The lowest BCUT2D eigenvalue weighted by Gasteiger charge is -2.17. The molecule has 1 aliphatic heterocycles. The van der Waals surface area contributed by atoms with Gasteiger partial charge >= 0.3 is 17.9 Å². The van der Waals surface area contributed by atoms with Crippen LogP contribution < -0.4 is 0 Å². The molecule has 0 N–H and O–H groups in total. The zero-order valence-corrected chi connectivity index (χ0v) is 15.2. The lowest BCUT2D eigenvalue weighted by molar-refractivity contribution is -0.165. The Hall–Kier alpha value is -0.890. The predicted octanol–water partition coefficient (Wildman–Crippen LogP) is 2.74. The molecule has 6 nitrogen and oxygen atoms in total. The van der Waals surface area contributed by atoms with Crippen molar-refractivity contribution in [1.29, 1.82) is 0 Å². The summed E-state index contributed by atoms with van der Waals surface area (Å²) in [6.45, 7) is 2.32. The molecule has 0 radical (unpaired) electrons. The highest BCUT2D eigenvalue weighted by atomic mass is 33.1. The molecule has 1 atom stereocenters. The van der Waals surface area contributed by atoms with Crippen LogP contribution in [0.5, 0.6) is 0 Å². The Balaban J connectivity index is 2.21. The Kier molecular flexibility index (Phi) is 10.2. The Bertz CT molecular complexity index is 377. The highest BCUT2D eigenvalue weighted by molar-refractivity contribution is 8.77. The maximum Gasteiger partial charge on any atom is 0.306 e. The fraction of sp³-hybridized carbons (Fsp3) is 0.800. The Morgan fingerprint density at radius 3 is 2.26 bits per heavy atom. The van der Waals surface area contributed by atoms with Crippen LogP contribution in [0.2, 0.25) is 0 Å². The molecule has 0 aromatic heterocycles. The van der Waals surface area contributed by atoms with E-state index in [-0.39, 0.29) is 19.2 Å². The summed E-state index contributed by atoms with van der Waals surface area (Å²) in [4.78, 5) is 33.5. The van der Waals surface area contributed by atoms with E-state index in [0.717, 1.165) is 19.3 Å². The highest BCUT2D eigenvalue weighted by Crippen LogP contribution is 2.39. The number of esters is 3. The van der Waals surface area contributed by atoms with Crippen molar-refractivity contribution in [3.8, 4) is 0 Å². The molecule has 8 heteroatoms. The van der Waals surface area contributed by atoms with E-state index in [9.17, 15) is 14.4 Å². The molecule has 0 bridgehead atoms. The molecule has 0 unspecified atom stereocenters. The lowest BCUT2D eigenvalue weighted by atomic mass is 10.1. The Labute approximate surface area is 144 Å². The van der Waals surface area contributed by atoms with Crippen LogP contribution in [0.1, 0.15) is 46.0 Å². The molecule has 1 saturated heterocycles. The van der Waals surface area contributed by atoms with Crippen LogP contribution in [0.4, 0.5) is 0 Å². The zero-order chi connectivity index (χ0) is 17.1. The summed E-state index contributed by atoms with van der Waals surface area (Å²) in [5, 5.41) is 0.705. The van der Waals surface area contributed by atoms with E-state index in [2.05, 4.69) is 0 Å². The number of carbonyl (C=O) groups is 3. The van der Waals surface area contributed by atoms with Gasteiger partial charge in [0.05, 0.1) is 0 Å². The van der Waals surface area contributed by atoms with Crippen molar-refractivity contribution in [3.63, 3.8) is 0 Å². The predicted molar refractivity (Wildman–Crippen MR) is 90.1 cm³/mol. The van der Waals surface area contributed by atoms with Gasteiger partial charge in [0.1, 0.15) is 13.2 Å². The van der Waals surface area contributed by atoms with Gasteiger partial charge in [-0.3, -0.25) is 14.4 Å². The molecule has 0 saturated carbocycles. The number of ether oxygens (including phenoxy) is 3. The number of unbranched alkanes of at least 4 members (excludes halogenated alkanes) is 1. The van der Waals surface area contributed by atoms with Crippen LogP contribution in [0.15, 0.2) is 0 Å². The number of hydrogen-bond donors (Lipinski definition) is 0. The molecule has 0 spiro atoms. The van der Waals surface area contributed by atoms with E-state index >= 15 is 0 Å². The van der Waals surface area contributed by atoms with Gasteiger partial charge in [0.15, 0.2) is 6.10 Å². The minimum absolute atomic E-state index is 0.107. The second-order valence-electron chi connectivity index (χ2n) is 5.29. The maximum absolute atomic E-state index is 11.8. The van der Waals surface area contributed by atoms with E-state index in [1.54, 1.807) is 0 Å². The van der Waals surface area contributed by atoms with Crippen molar-refractivity contribution in [2.24, 2.45) is 0 Å². The molecule has 0 aromatic rings. The largest absolute Gasteiger partial charge is 0.462 e. The smallest absolute Gasteiger partial charge is 0.306 e. The molecule has 0 aromatic carbocycles. The van der Waals surface area contributed by atoms with Gasteiger partial charge in [-0.15, -0.1) is 0 Å². The van der Waals surface area contributed by atoms with Crippen molar-refractivity contribution >= 4 is 39.5 Å². The first-order valence-corrected chi connectivity index (χ1v) is 10.1. The fourth-order valence-electron chi connectivity index (χ4n) is 1.99. The average molecular weight is 364 g/mol. The van der Waals surface area contributed by atoms with Gasteiger partial charge in [0, 0.05) is 31.3 Å². The monoisotopic (exact) mass is 364 g/mol. The van der Waals surface area contributed by atoms with Crippen LogP contribution in [-0.4, -0.2) is 48.2 Å². The summed E-state index contributed by atoms with van der Waals surface area (Å²) < 4.78 is 14.9. The van der Waals surface area contributed by atoms with E-state index in [1.807, 2.05) is 21.6 Å². The first-order chi connectivity index (χ1) is 11.0. The number of carbonyl (C=O) groups excluding carboxylic acids is 3. The van der Waals surface area contributed by atoms with Gasteiger partial charge in [0.25, 0.3) is 0 Å². The van der Waals surface area contributed by atoms with Crippen LogP contribution in [0.25, 0.3) is 0 Å². The topological polar surface area (TPSA) is 78.9 Å². The minimum atomic E-state index is -0.753. The summed E-state index contributed by atoms with van der Waals surface area (Å²) >= 11 is 0. The summed E-state index contributed by atoms with van der Waals surface area (Å²) in [6.07, 6.45) is 3.70. The van der Waals surface area contributed by atoms with Gasteiger partial charge in [-0.25, -0.2) is 0 Å². The van der Waals surface area contributed by atoms with Crippen LogP contribution >= 0.6 is 21.6 Å². The van der Waals surface area contributed by atoms with E-state index in [0.29, 0.717) is 11.7 Å². The third-order valence-corrected chi connectivity index (χ3v) is 6.13. The molecular weight excluding hydrogens is 340 g/mol. The van der Waals surface area contributed by atoms with Crippen molar-refractivity contribution in [2.45, 2.75) is 57.3 Å². The Morgan fingerprint density at radius 1 is 1.09 bits per heavy atom. The quantitative estimate of drug-likeness (QED) is 0.253. The molecule has 1 fully saturated rings. The van der Waals surface area contributed by atoms with E-state index < -0.39 is 18.0 Å². The lowest BCUT2D eigenvalue weighted by Crippen LogP contribution is -2.30. The third-order valence-electron chi connectivity index (χ3n) is 3.13. The maximum atomic E-state index is 11.8. The van der Waals surface area contributed by atoms with Gasteiger partial charge in [-0.2, -0.15) is 0 Å². The van der Waals surface area contributed by atoms with Crippen molar-refractivity contribution in [2.75, 3.05) is 19.0 Å². The fourth-order valence-corrected chi connectivity index (χ4v) is 5.02. The second-order valence-corrected chi connectivity index (χ2v) is 8.08. The summed E-state index contributed by atoms with van der Waals surface area (Å²) in [5.41, 5.74) is 0. The van der Waals surface area contributed by atoms with E-state index in [1.165, 1.54) is 26.0 Å². The van der Waals surface area contributed by atoms with Gasteiger partial charge < -0.3 is 14.2 Å². The first kappa shape index (κ1) is 20.2. The number of rotatable bonds is 10. The van der Waals surface area contributed by atoms with Gasteiger partial charge in [0.2, 0.25) is 0 Å². The SMILES string of the molecule is CC(=O)OCC(COC(C)=O)OC(=O)CCCC[C@@H]1CCSS1. The third kappa shape index (κ3) is 10.5.